The zero-order chi connectivity index (χ0) is 16.3. The lowest BCUT2D eigenvalue weighted by Crippen LogP contribution is -2.39. The Labute approximate surface area is 166 Å². The van der Waals surface area contributed by atoms with E-state index in [0.717, 1.165) is 57.8 Å². The van der Waals surface area contributed by atoms with Crippen LogP contribution in [0.5, 0.6) is 0 Å². The lowest BCUT2D eigenvalue weighted by atomic mass is 10.2. The average molecular weight is 464 g/mol. The Morgan fingerprint density at radius 1 is 1.33 bits per heavy atom. The van der Waals surface area contributed by atoms with E-state index in [1.165, 1.54) is 12.0 Å². The zero-order valence-electron chi connectivity index (χ0n) is 14.4. The van der Waals surface area contributed by atoms with Gasteiger partial charge in [0.1, 0.15) is 0 Å². The summed E-state index contributed by atoms with van der Waals surface area (Å²) in [6.45, 7) is 6.21. The third-order valence-corrected chi connectivity index (χ3v) is 4.64. The first kappa shape index (κ1) is 21.2. The lowest BCUT2D eigenvalue weighted by molar-refractivity contribution is -0.130. The normalized spacial score (nSPS) is 15.6. The van der Waals surface area contributed by atoms with Gasteiger partial charge in [-0.25, -0.2) is 4.99 Å². The summed E-state index contributed by atoms with van der Waals surface area (Å²) in [5.41, 5.74) is 1.24. The predicted molar refractivity (Wildman–Crippen MR) is 112 cm³/mol. The Morgan fingerprint density at radius 2 is 2.21 bits per heavy atom. The van der Waals surface area contributed by atoms with E-state index in [9.17, 15) is 4.79 Å². The summed E-state index contributed by atoms with van der Waals surface area (Å²) in [5, 5.41) is 10.8. The van der Waals surface area contributed by atoms with Gasteiger partial charge in [-0.3, -0.25) is 4.79 Å². The molecule has 136 valence electrons. The molecule has 7 heteroatoms. The van der Waals surface area contributed by atoms with Crippen LogP contribution in [-0.2, 0) is 11.3 Å². The maximum absolute atomic E-state index is 11.9. The van der Waals surface area contributed by atoms with Crippen molar-refractivity contribution in [1.29, 1.82) is 0 Å². The smallest absolute Gasteiger partial charge is 0.222 e. The highest BCUT2D eigenvalue weighted by Crippen LogP contribution is 2.11. The number of nitrogens with one attached hydrogen (secondary N) is 2. The molecule has 0 aliphatic carbocycles. The zero-order valence-corrected chi connectivity index (χ0v) is 17.6. The number of carbonyl (C=O) groups excluding carboxylic acids is 1. The Bertz CT molecular complexity index is 493. The first-order valence-corrected chi connectivity index (χ1v) is 9.55. The predicted octanol–water partition coefficient (Wildman–Crippen LogP) is 3.21. The first-order chi connectivity index (χ1) is 11.3. The molecule has 0 saturated carbocycles. The van der Waals surface area contributed by atoms with Gasteiger partial charge in [0.2, 0.25) is 5.91 Å². The molecule has 1 fully saturated rings. The van der Waals surface area contributed by atoms with Gasteiger partial charge in [-0.2, -0.15) is 11.3 Å². The topological polar surface area (TPSA) is 56.7 Å². The van der Waals surface area contributed by atoms with Gasteiger partial charge in [-0.15, -0.1) is 24.0 Å². The van der Waals surface area contributed by atoms with Crippen LogP contribution in [0.15, 0.2) is 21.8 Å². The van der Waals surface area contributed by atoms with Crippen molar-refractivity contribution in [2.45, 2.75) is 45.6 Å². The quantitative estimate of drug-likeness (QED) is 0.282. The lowest BCUT2D eigenvalue weighted by Gasteiger charge is -2.20. The number of aliphatic imine (C=N–C) groups is 1. The van der Waals surface area contributed by atoms with Crippen LogP contribution >= 0.6 is 35.3 Å². The monoisotopic (exact) mass is 464 g/mol. The molecule has 2 N–H and O–H groups in total. The fourth-order valence-corrected chi connectivity index (χ4v) is 3.31. The molecule has 0 bridgehead atoms. The van der Waals surface area contributed by atoms with Gasteiger partial charge < -0.3 is 15.5 Å². The molecule has 0 atom stereocenters. The second-order valence-corrected chi connectivity index (χ2v) is 6.58. The van der Waals surface area contributed by atoms with E-state index in [0.29, 0.717) is 12.5 Å². The van der Waals surface area contributed by atoms with Crippen LogP contribution in [0.3, 0.4) is 0 Å². The second kappa shape index (κ2) is 12.5. The number of hydrogen-bond acceptors (Lipinski definition) is 3. The Kier molecular flexibility index (Phi) is 11.1. The second-order valence-electron chi connectivity index (χ2n) is 5.80. The van der Waals surface area contributed by atoms with Gasteiger partial charge in [0.25, 0.3) is 0 Å². The van der Waals surface area contributed by atoms with Crippen LogP contribution in [0, 0.1) is 0 Å². The minimum atomic E-state index is 0. The number of amides is 1. The van der Waals surface area contributed by atoms with Crippen molar-refractivity contribution in [3.63, 3.8) is 0 Å². The highest BCUT2D eigenvalue weighted by molar-refractivity contribution is 14.0. The van der Waals surface area contributed by atoms with Gasteiger partial charge in [-0.05, 0) is 48.6 Å². The summed E-state index contributed by atoms with van der Waals surface area (Å²) in [7, 11) is 0. The van der Waals surface area contributed by atoms with Gasteiger partial charge in [0.15, 0.2) is 5.96 Å². The molecule has 2 heterocycles. The first-order valence-electron chi connectivity index (χ1n) is 8.60. The number of hydrogen-bond donors (Lipinski definition) is 2. The Hall–Kier alpha value is -0.830. The van der Waals surface area contributed by atoms with Gasteiger partial charge in [0.05, 0.1) is 6.54 Å². The molecule has 1 aliphatic heterocycles. The maximum Gasteiger partial charge on any atom is 0.222 e. The van der Waals surface area contributed by atoms with Crippen molar-refractivity contribution in [3.8, 4) is 0 Å². The largest absolute Gasteiger partial charge is 0.357 e. The molecule has 1 aromatic rings. The molecule has 0 unspecified atom stereocenters. The minimum absolute atomic E-state index is 0. The molecule has 1 aromatic heterocycles. The Morgan fingerprint density at radius 3 is 2.96 bits per heavy atom. The number of carbonyl (C=O) groups is 1. The van der Waals surface area contributed by atoms with E-state index in [-0.39, 0.29) is 24.0 Å². The van der Waals surface area contributed by atoms with E-state index in [1.807, 2.05) is 4.90 Å². The summed E-state index contributed by atoms with van der Waals surface area (Å²) in [6, 6.07) is 2.10. The minimum Gasteiger partial charge on any atom is -0.357 e. The van der Waals surface area contributed by atoms with E-state index in [2.05, 4.69) is 39.4 Å². The van der Waals surface area contributed by atoms with Crippen LogP contribution in [0.25, 0.3) is 0 Å². The molecular formula is C17H29IN4OS. The molecule has 5 nitrogen and oxygen atoms in total. The van der Waals surface area contributed by atoms with Crippen molar-refractivity contribution < 1.29 is 4.79 Å². The summed E-state index contributed by atoms with van der Waals surface area (Å²) < 4.78 is 0. The van der Waals surface area contributed by atoms with E-state index in [1.54, 1.807) is 11.3 Å². The third-order valence-electron chi connectivity index (χ3n) is 3.91. The molecule has 1 aliphatic rings. The van der Waals surface area contributed by atoms with Gasteiger partial charge >= 0.3 is 0 Å². The molecule has 24 heavy (non-hydrogen) atoms. The average Bonchev–Trinajstić information content (AvgIpc) is 2.99. The fourth-order valence-electron chi connectivity index (χ4n) is 2.65. The third kappa shape index (κ3) is 7.83. The standard InChI is InChI=1S/C17H28N4OS.HI/c1-2-18-17(20-13-15-8-12-23-14-15)19-9-6-11-21-10-5-3-4-7-16(21)22;/h8,12,14H,2-7,9-11,13H2,1H3,(H2,18,19,20);1H. The van der Waals surface area contributed by atoms with Crippen LogP contribution in [0.1, 0.15) is 44.6 Å². The number of nitrogens with zero attached hydrogens (tertiary/aromatic N) is 2. The number of guanidine groups is 1. The van der Waals surface area contributed by atoms with Crippen LogP contribution in [-0.4, -0.2) is 42.9 Å². The summed E-state index contributed by atoms with van der Waals surface area (Å²) in [6.07, 6.45) is 5.05. The maximum atomic E-state index is 11.9. The SMILES string of the molecule is CCNC(=NCc1ccsc1)NCCCN1CCCCCC1=O.I. The molecule has 0 spiro atoms. The van der Waals surface area contributed by atoms with Crippen LogP contribution < -0.4 is 10.6 Å². The molecular weight excluding hydrogens is 435 g/mol. The van der Waals surface area contributed by atoms with Gasteiger partial charge in [0, 0.05) is 32.6 Å². The summed E-state index contributed by atoms with van der Waals surface area (Å²) in [4.78, 5) is 18.6. The number of halogens is 1. The van der Waals surface area contributed by atoms with E-state index < -0.39 is 0 Å². The highest BCUT2D eigenvalue weighted by Gasteiger charge is 2.15. The van der Waals surface area contributed by atoms with Crippen molar-refractivity contribution in [2.75, 3.05) is 26.2 Å². The molecule has 0 aromatic carbocycles. The number of thiophene rings is 1. The van der Waals surface area contributed by atoms with Crippen molar-refractivity contribution in [1.82, 2.24) is 15.5 Å². The van der Waals surface area contributed by atoms with Gasteiger partial charge in [-0.1, -0.05) is 6.42 Å². The fraction of sp³-hybridized carbons (Fsp3) is 0.647. The van der Waals surface area contributed by atoms with Crippen LogP contribution in [0.4, 0.5) is 0 Å². The van der Waals surface area contributed by atoms with Crippen molar-refractivity contribution in [3.05, 3.63) is 22.4 Å². The van der Waals surface area contributed by atoms with Crippen molar-refractivity contribution >= 4 is 47.2 Å². The molecule has 1 saturated heterocycles. The van der Waals surface area contributed by atoms with E-state index in [4.69, 9.17) is 0 Å². The highest BCUT2D eigenvalue weighted by atomic mass is 127. The number of rotatable bonds is 7. The molecule has 1 amide bonds. The van der Waals surface area contributed by atoms with E-state index >= 15 is 0 Å². The molecule has 2 rings (SSSR count). The Balaban J connectivity index is 0.00000288. The molecule has 0 radical (unpaired) electrons. The number of likely N-dealkylation sites (tertiary alicyclic amines) is 1. The van der Waals surface area contributed by atoms with Crippen LogP contribution in [0.2, 0.25) is 0 Å². The van der Waals surface area contributed by atoms with Crippen molar-refractivity contribution in [2.24, 2.45) is 4.99 Å². The summed E-state index contributed by atoms with van der Waals surface area (Å²) in [5.74, 6) is 1.17. The summed E-state index contributed by atoms with van der Waals surface area (Å²) >= 11 is 1.70.